The van der Waals surface area contributed by atoms with Crippen LogP contribution in [-0.2, 0) is 5.60 Å². The number of hydrogen-bond donors (Lipinski definition) is 2. The minimum Gasteiger partial charge on any atom is -0.384 e. The van der Waals surface area contributed by atoms with Crippen LogP contribution in [0.4, 0.5) is 0 Å². The summed E-state index contributed by atoms with van der Waals surface area (Å²) >= 11 is 1.80. The van der Waals surface area contributed by atoms with E-state index in [1.54, 1.807) is 11.3 Å². The summed E-state index contributed by atoms with van der Waals surface area (Å²) in [5, 5.41) is 16.4. The first kappa shape index (κ1) is 13.8. The summed E-state index contributed by atoms with van der Waals surface area (Å²) in [6, 6.07) is 14.6. The molecule has 106 valence electrons. The van der Waals surface area contributed by atoms with Gasteiger partial charge in [0.2, 0.25) is 0 Å². The lowest BCUT2D eigenvalue weighted by Gasteiger charge is -2.27. The number of hydrogen-bond acceptors (Lipinski definition) is 3. The summed E-state index contributed by atoms with van der Waals surface area (Å²) in [6.07, 6.45) is 2.59. The van der Waals surface area contributed by atoms with Gasteiger partial charge in [0, 0.05) is 17.5 Å². The Morgan fingerprint density at radius 1 is 1.25 bits per heavy atom. The van der Waals surface area contributed by atoms with Crippen molar-refractivity contribution in [3.8, 4) is 0 Å². The quantitative estimate of drug-likeness (QED) is 0.849. The van der Waals surface area contributed by atoms with Gasteiger partial charge in [-0.15, -0.1) is 11.3 Å². The molecular weight excluding hydrogens is 266 g/mol. The molecular formula is C17H21NOS. The zero-order valence-electron chi connectivity index (χ0n) is 11.8. The Bertz CT molecular complexity index is 531. The van der Waals surface area contributed by atoms with E-state index >= 15 is 0 Å². The van der Waals surface area contributed by atoms with Gasteiger partial charge in [-0.25, -0.2) is 0 Å². The van der Waals surface area contributed by atoms with Gasteiger partial charge in [0.15, 0.2) is 0 Å². The molecule has 3 heteroatoms. The Hall–Kier alpha value is -1.16. The second kappa shape index (κ2) is 5.68. The summed E-state index contributed by atoms with van der Waals surface area (Å²) in [5.41, 5.74) is 0.138. The first-order valence-electron chi connectivity index (χ1n) is 7.21. The van der Waals surface area contributed by atoms with Crippen molar-refractivity contribution in [3.63, 3.8) is 0 Å². The fraction of sp³-hybridized carbons (Fsp3) is 0.412. The normalized spacial score (nSPS) is 19.5. The van der Waals surface area contributed by atoms with Gasteiger partial charge in [0.05, 0.1) is 5.60 Å². The van der Waals surface area contributed by atoms with E-state index in [2.05, 4.69) is 22.8 Å². The first-order chi connectivity index (χ1) is 9.67. The van der Waals surface area contributed by atoms with Crippen molar-refractivity contribution in [1.82, 2.24) is 5.32 Å². The lowest BCUT2D eigenvalue weighted by atomic mass is 9.95. The van der Waals surface area contributed by atoms with Crippen molar-refractivity contribution >= 4 is 11.3 Å². The second-order valence-electron chi connectivity index (χ2n) is 5.85. The van der Waals surface area contributed by atoms with Crippen LogP contribution < -0.4 is 5.32 Å². The third kappa shape index (κ3) is 3.11. The van der Waals surface area contributed by atoms with Crippen LogP contribution in [0.15, 0.2) is 47.8 Å². The standard InChI is InChI=1S/C17H21NOS/c1-17(19,14-6-3-2-4-7-14)12-18-16(13-9-10-13)15-8-5-11-20-15/h2-8,11,13,16,18-19H,9-10,12H2,1H3. The molecule has 1 aromatic heterocycles. The van der Waals surface area contributed by atoms with E-state index in [9.17, 15) is 5.11 Å². The number of thiophene rings is 1. The maximum atomic E-state index is 10.7. The molecule has 1 aliphatic rings. The smallest absolute Gasteiger partial charge is 0.0992 e. The highest BCUT2D eigenvalue weighted by atomic mass is 32.1. The molecule has 1 heterocycles. The number of benzene rings is 1. The molecule has 2 nitrogen and oxygen atoms in total. The van der Waals surface area contributed by atoms with Gasteiger partial charge >= 0.3 is 0 Å². The second-order valence-corrected chi connectivity index (χ2v) is 6.83. The third-order valence-electron chi connectivity index (χ3n) is 4.01. The highest BCUT2D eigenvalue weighted by molar-refractivity contribution is 7.10. The molecule has 1 aliphatic carbocycles. The fourth-order valence-corrected chi connectivity index (χ4v) is 3.50. The van der Waals surface area contributed by atoms with Crippen LogP contribution in [0.2, 0.25) is 0 Å². The number of aliphatic hydroxyl groups is 1. The van der Waals surface area contributed by atoms with Gasteiger partial charge in [-0.1, -0.05) is 36.4 Å². The molecule has 0 saturated heterocycles. The molecule has 0 aliphatic heterocycles. The summed E-state index contributed by atoms with van der Waals surface area (Å²) in [5.74, 6) is 0.736. The molecule has 1 fully saturated rings. The van der Waals surface area contributed by atoms with Crippen molar-refractivity contribution in [2.45, 2.75) is 31.4 Å². The van der Waals surface area contributed by atoms with Crippen LogP contribution in [-0.4, -0.2) is 11.7 Å². The Kier molecular flexibility index (Phi) is 3.92. The van der Waals surface area contributed by atoms with E-state index < -0.39 is 5.60 Å². The van der Waals surface area contributed by atoms with E-state index in [1.807, 2.05) is 37.3 Å². The average molecular weight is 287 g/mol. The molecule has 0 spiro atoms. The average Bonchev–Trinajstić information content (AvgIpc) is 3.15. The first-order valence-corrected chi connectivity index (χ1v) is 8.09. The maximum Gasteiger partial charge on any atom is 0.0992 e. The van der Waals surface area contributed by atoms with Crippen molar-refractivity contribution < 1.29 is 5.11 Å². The van der Waals surface area contributed by atoms with Crippen molar-refractivity contribution in [3.05, 3.63) is 58.3 Å². The molecule has 2 N–H and O–H groups in total. The van der Waals surface area contributed by atoms with Crippen LogP contribution in [0, 0.1) is 5.92 Å². The van der Waals surface area contributed by atoms with E-state index in [0.717, 1.165) is 11.5 Å². The Morgan fingerprint density at radius 3 is 2.60 bits per heavy atom. The fourth-order valence-electron chi connectivity index (χ4n) is 2.61. The predicted octanol–water partition coefficient (Wildman–Crippen LogP) is 3.70. The van der Waals surface area contributed by atoms with Crippen LogP contribution in [0.25, 0.3) is 0 Å². The Morgan fingerprint density at radius 2 is 2.00 bits per heavy atom. The summed E-state index contributed by atoms with van der Waals surface area (Å²) in [4.78, 5) is 1.39. The third-order valence-corrected chi connectivity index (χ3v) is 4.96. The van der Waals surface area contributed by atoms with Gasteiger partial charge in [0.1, 0.15) is 0 Å². The highest BCUT2D eigenvalue weighted by Crippen LogP contribution is 2.42. The van der Waals surface area contributed by atoms with Gasteiger partial charge in [-0.2, -0.15) is 0 Å². The van der Waals surface area contributed by atoms with E-state index in [4.69, 9.17) is 0 Å². The minimum absolute atomic E-state index is 0.394. The topological polar surface area (TPSA) is 32.3 Å². The number of nitrogens with one attached hydrogen (secondary N) is 1. The van der Waals surface area contributed by atoms with E-state index in [0.29, 0.717) is 12.6 Å². The monoisotopic (exact) mass is 287 g/mol. The molecule has 20 heavy (non-hydrogen) atoms. The van der Waals surface area contributed by atoms with Crippen LogP contribution in [0.5, 0.6) is 0 Å². The summed E-state index contributed by atoms with van der Waals surface area (Å²) < 4.78 is 0. The highest BCUT2D eigenvalue weighted by Gasteiger charge is 2.34. The molecule has 2 atom stereocenters. The SMILES string of the molecule is CC(O)(CNC(c1cccs1)C1CC1)c1ccccc1. The zero-order valence-corrected chi connectivity index (χ0v) is 12.6. The molecule has 0 bridgehead atoms. The zero-order chi connectivity index (χ0) is 14.0. The molecule has 1 aromatic carbocycles. The van der Waals surface area contributed by atoms with Crippen molar-refractivity contribution in [2.75, 3.05) is 6.54 Å². The Labute approximate surface area is 124 Å². The summed E-state index contributed by atoms with van der Waals surface area (Å²) in [7, 11) is 0. The van der Waals surface area contributed by atoms with Gasteiger partial charge in [-0.3, -0.25) is 0 Å². The largest absolute Gasteiger partial charge is 0.384 e. The lowest BCUT2D eigenvalue weighted by Crippen LogP contribution is -2.37. The molecule has 1 saturated carbocycles. The van der Waals surface area contributed by atoms with Crippen molar-refractivity contribution in [1.29, 1.82) is 0 Å². The summed E-state index contributed by atoms with van der Waals surface area (Å²) in [6.45, 7) is 2.46. The molecule has 3 rings (SSSR count). The van der Waals surface area contributed by atoms with Crippen molar-refractivity contribution in [2.24, 2.45) is 5.92 Å². The van der Waals surface area contributed by atoms with Gasteiger partial charge in [0.25, 0.3) is 0 Å². The molecule has 2 unspecified atom stereocenters. The molecule has 2 aromatic rings. The maximum absolute atomic E-state index is 10.7. The van der Waals surface area contributed by atoms with E-state index in [1.165, 1.54) is 17.7 Å². The van der Waals surface area contributed by atoms with E-state index in [-0.39, 0.29) is 0 Å². The Balaban J connectivity index is 1.68. The van der Waals surface area contributed by atoms with Crippen LogP contribution in [0.1, 0.15) is 36.2 Å². The van der Waals surface area contributed by atoms with Gasteiger partial charge < -0.3 is 10.4 Å². The lowest BCUT2D eigenvalue weighted by molar-refractivity contribution is 0.0530. The molecule has 0 amide bonds. The van der Waals surface area contributed by atoms with Gasteiger partial charge in [-0.05, 0) is 42.7 Å². The number of rotatable bonds is 6. The molecule has 0 radical (unpaired) electrons. The predicted molar refractivity (Wildman–Crippen MR) is 83.8 cm³/mol. The van der Waals surface area contributed by atoms with Crippen LogP contribution >= 0.6 is 11.3 Å². The van der Waals surface area contributed by atoms with Crippen LogP contribution in [0.3, 0.4) is 0 Å². The minimum atomic E-state index is -0.828.